The van der Waals surface area contributed by atoms with Crippen molar-refractivity contribution in [2.24, 2.45) is 0 Å². The SMILES string of the molecule is C#CC(C)(CCCc1ccc(F)c(Oc2ccc(F)cc2)c1)c1ccc2c(c1)OCO2. The van der Waals surface area contributed by atoms with Crippen molar-refractivity contribution in [1.29, 1.82) is 0 Å². The molecule has 0 aromatic heterocycles. The van der Waals surface area contributed by atoms with E-state index in [2.05, 4.69) is 5.92 Å². The van der Waals surface area contributed by atoms with E-state index in [0.717, 1.165) is 29.7 Å². The summed E-state index contributed by atoms with van der Waals surface area (Å²) in [5.74, 6) is 3.99. The first-order chi connectivity index (χ1) is 15.0. The molecule has 1 aliphatic rings. The number of benzene rings is 3. The van der Waals surface area contributed by atoms with Crippen molar-refractivity contribution in [3.05, 3.63) is 83.4 Å². The minimum atomic E-state index is -0.470. The summed E-state index contributed by atoms with van der Waals surface area (Å²) >= 11 is 0. The van der Waals surface area contributed by atoms with E-state index in [-0.39, 0.29) is 18.4 Å². The van der Waals surface area contributed by atoms with Crippen LogP contribution in [0.3, 0.4) is 0 Å². The maximum Gasteiger partial charge on any atom is 0.231 e. The molecule has 0 amide bonds. The topological polar surface area (TPSA) is 27.7 Å². The predicted octanol–water partition coefficient (Wildman–Crippen LogP) is 6.40. The Bertz CT molecular complexity index is 1120. The Labute approximate surface area is 180 Å². The summed E-state index contributed by atoms with van der Waals surface area (Å²) in [6, 6.07) is 16.1. The van der Waals surface area contributed by atoms with Gasteiger partial charge >= 0.3 is 0 Å². The van der Waals surface area contributed by atoms with Gasteiger partial charge in [-0.25, -0.2) is 8.78 Å². The fourth-order valence-electron chi connectivity index (χ4n) is 3.60. The molecule has 0 fully saturated rings. The van der Waals surface area contributed by atoms with Crippen molar-refractivity contribution in [3.63, 3.8) is 0 Å². The summed E-state index contributed by atoms with van der Waals surface area (Å²) in [5, 5.41) is 0. The number of terminal acetylenes is 1. The summed E-state index contributed by atoms with van der Waals surface area (Å²) in [6.07, 6.45) is 8.14. The molecule has 3 nitrogen and oxygen atoms in total. The van der Waals surface area contributed by atoms with Crippen LogP contribution in [0, 0.1) is 24.0 Å². The maximum absolute atomic E-state index is 14.2. The lowest BCUT2D eigenvalue weighted by Crippen LogP contribution is -2.19. The Morgan fingerprint density at radius 1 is 1.00 bits per heavy atom. The lowest BCUT2D eigenvalue weighted by molar-refractivity contribution is 0.174. The van der Waals surface area contributed by atoms with Gasteiger partial charge in [-0.15, -0.1) is 6.42 Å². The van der Waals surface area contributed by atoms with E-state index in [1.807, 2.05) is 25.1 Å². The van der Waals surface area contributed by atoms with Crippen LogP contribution in [0.5, 0.6) is 23.0 Å². The predicted molar refractivity (Wildman–Crippen MR) is 115 cm³/mol. The van der Waals surface area contributed by atoms with Crippen LogP contribution in [0.4, 0.5) is 8.78 Å². The van der Waals surface area contributed by atoms with Gasteiger partial charge in [-0.1, -0.05) is 18.1 Å². The molecule has 1 atom stereocenters. The van der Waals surface area contributed by atoms with Crippen molar-refractivity contribution < 1.29 is 23.0 Å². The molecule has 3 aromatic rings. The first-order valence-corrected chi connectivity index (χ1v) is 10.1. The van der Waals surface area contributed by atoms with E-state index >= 15 is 0 Å². The van der Waals surface area contributed by atoms with Gasteiger partial charge < -0.3 is 14.2 Å². The van der Waals surface area contributed by atoms with Crippen molar-refractivity contribution in [2.45, 2.75) is 31.6 Å². The van der Waals surface area contributed by atoms with Gasteiger partial charge in [-0.2, -0.15) is 0 Å². The number of aryl methyl sites for hydroxylation is 1. The summed E-state index contributed by atoms with van der Waals surface area (Å²) in [4.78, 5) is 0. The largest absolute Gasteiger partial charge is 0.454 e. The van der Waals surface area contributed by atoms with Crippen LogP contribution >= 0.6 is 0 Å². The van der Waals surface area contributed by atoms with Crippen molar-refractivity contribution in [2.75, 3.05) is 6.79 Å². The third kappa shape index (κ3) is 4.64. The minimum Gasteiger partial charge on any atom is -0.454 e. The Kier molecular flexibility index (Phi) is 5.81. The number of ether oxygens (including phenoxy) is 3. The average Bonchev–Trinajstić information content (AvgIpc) is 3.25. The number of fused-ring (bicyclic) bond motifs is 1. The normalized spacial score (nSPS) is 14.0. The molecule has 0 saturated carbocycles. The second-order valence-corrected chi connectivity index (χ2v) is 7.72. The van der Waals surface area contributed by atoms with Gasteiger partial charge in [0, 0.05) is 0 Å². The van der Waals surface area contributed by atoms with E-state index < -0.39 is 11.2 Å². The summed E-state index contributed by atoms with van der Waals surface area (Å²) in [7, 11) is 0. The Balaban J connectivity index is 1.42. The highest BCUT2D eigenvalue weighted by Gasteiger charge is 2.26. The van der Waals surface area contributed by atoms with Crippen molar-refractivity contribution in [3.8, 4) is 35.3 Å². The molecule has 1 unspecified atom stereocenters. The number of halogens is 2. The lowest BCUT2D eigenvalue weighted by Gasteiger charge is -2.24. The summed E-state index contributed by atoms with van der Waals surface area (Å²) in [5.41, 5.74) is 1.47. The van der Waals surface area contributed by atoms with Gasteiger partial charge in [0.25, 0.3) is 0 Å². The first kappa shape index (κ1) is 20.7. The van der Waals surface area contributed by atoms with E-state index in [0.29, 0.717) is 17.9 Å². The Morgan fingerprint density at radius 2 is 1.77 bits per heavy atom. The fourth-order valence-corrected chi connectivity index (χ4v) is 3.60. The van der Waals surface area contributed by atoms with E-state index in [4.69, 9.17) is 20.6 Å². The molecule has 158 valence electrons. The molecule has 5 heteroatoms. The van der Waals surface area contributed by atoms with Crippen LogP contribution in [-0.4, -0.2) is 6.79 Å². The highest BCUT2D eigenvalue weighted by Crippen LogP contribution is 2.38. The van der Waals surface area contributed by atoms with Gasteiger partial charge in [0.05, 0.1) is 5.41 Å². The molecular formula is C26H22F2O3. The van der Waals surface area contributed by atoms with Crippen molar-refractivity contribution >= 4 is 0 Å². The van der Waals surface area contributed by atoms with Crippen LogP contribution in [-0.2, 0) is 11.8 Å². The molecule has 0 N–H and O–H groups in total. The van der Waals surface area contributed by atoms with E-state index in [1.54, 1.807) is 12.1 Å². The summed E-state index contributed by atoms with van der Waals surface area (Å²) < 4.78 is 43.7. The van der Waals surface area contributed by atoms with Crippen LogP contribution in [0.15, 0.2) is 60.7 Å². The standard InChI is InChI=1S/C26H22F2O3/c1-3-26(2,19-7-13-23-25(16-19)30-17-29-23)14-4-5-18-6-12-22(28)24(15-18)31-21-10-8-20(27)9-11-21/h1,6-13,15-16H,4-5,14,17H2,2H3. The van der Waals surface area contributed by atoms with Crippen LogP contribution < -0.4 is 14.2 Å². The molecule has 31 heavy (non-hydrogen) atoms. The van der Waals surface area contributed by atoms with E-state index in [1.165, 1.54) is 30.3 Å². The first-order valence-electron chi connectivity index (χ1n) is 10.1. The van der Waals surface area contributed by atoms with E-state index in [9.17, 15) is 8.78 Å². The van der Waals surface area contributed by atoms with Gasteiger partial charge in [-0.3, -0.25) is 0 Å². The average molecular weight is 420 g/mol. The quantitative estimate of drug-likeness (QED) is 0.414. The lowest BCUT2D eigenvalue weighted by atomic mass is 9.78. The molecule has 0 spiro atoms. The second-order valence-electron chi connectivity index (χ2n) is 7.72. The highest BCUT2D eigenvalue weighted by molar-refractivity contribution is 5.48. The zero-order valence-corrected chi connectivity index (χ0v) is 17.2. The number of hydrogen-bond donors (Lipinski definition) is 0. The van der Waals surface area contributed by atoms with Gasteiger partial charge in [-0.05, 0) is 85.8 Å². The number of rotatable bonds is 7. The number of hydrogen-bond acceptors (Lipinski definition) is 3. The van der Waals surface area contributed by atoms with Crippen LogP contribution in [0.25, 0.3) is 0 Å². The molecule has 0 aliphatic carbocycles. The van der Waals surface area contributed by atoms with Crippen molar-refractivity contribution in [1.82, 2.24) is 0 Å². The molecule has 0 saturated heterocycles. The zero-order chi connectivity index (χ0) is 21.8. The van der Waals surface area contributed by atoms with Crippen LogP contribution in [0.2, 0.25) is 0 Å². The molecular weight excluding hydrogens is 398 g/mol. The third-order valence-electron chi connectivity index (χ3n) is 5.51. The summed E-state index contributed by atoms with van der Waals surface area (Å²) in [6.45, 7) is 2.25. The molecule has 3 aromatic carbocycles. The Hall–Kier alpha value is -3.52. The highest BCUT2D eigenvalue weighted by atomic mass is 19.1. The molecule has 1 heterocycles. The molecule has 0 radical (unpaired) electrons. The zero-order valence-electron chi connectivity index (χ0n) is 17.2. The maximum atomic E-state index is 14.2. The van der Waals surface area contributed by atoms with Gasteiger partial charge in [0.2, 0.25) is 6.79 Å². The minimum absolute atomic E-state index is 0.111. The van der Waals surface area contributed by atoms with Gasteiger partial charge in [0.1, 0.15) is 11.6 Å². The molecule has 4 rings (SSSR count). The molecule has 0 bridgehead atoms. The second kappa shape index (κ2) is 8.69. The molecule has 1 aliphatic heterocycles. The van der Waals surface area contributed by atoms with Crippen LogP contribution in [0.1, 0.15) is 30.9 Å². The fraction of sp³-hybridized carbons (Fsp3) is 0.231. The monoisotopic (exact) mass is 420 g/mol. The Morgan fingerprint density at radius 3 is 2.55 bits per heavy atom. The van der Waals surface area contributed by atoms with Gasteiger partial charge in [0.15, 0.2) is 23.1 Å². The smallest absolute Gasteiger partial charge is 0.231 e. The third-order valence-corrected chi connectivity index (χ3v) is 5.51.